The topological polar surface area (TPSA) is 90.6 Å². The maximum Gasteiger partial charge on any atom is 0.267 e. The van der Waals surface area contributed by atoms with E-state index in [9.17, 15) is 14.7 Å². The van der Waals surface area contributed by atoms with Crippen LogP contribution in [0.1, 0.15) is 11.1 Å². The van der Waals surface area contributed by atoms with E-state index in [1.807, 2.05) is 30.3 Å². The number of methoxy groups -OCH3 is 1. The molecule has 2 aliphatic heterocycles. The third-order valence-corrected chi connectivity index (χ3v) is 8.15. The van der Waals surface area contributed by atoms with Crippen molar-refractivity contribution in [1.82, 2.24) is 19.2 Å². The Labute approximate surface area is 230 Å². The molecular weight excluding hydrogens is 522 g/mol. The average Bonchev–Trinajstić information content (AvgIpc) is 3.21. The second-order valence-electron chi connectivity index (χ2n) is 9.07. The van der Waals surface area contributed by atoms with Crippen LogP contribution in [0.2, 0.25) is 0 Å². The van der Waals surface area contributed by atoms with Crippen molar-refractivity contribution in [2.24, 2.45) is 0 Å². The van der Waals surface area contributed by atoms with Crippen LogP contribution in [-0.4, -0.2) is 87.5 Å². The first-order chi connectivity index (χ1) is 18.5. The third kappa shape index (κ3) is 5.46. The van der Waals surface area contributed by atoms with Crippen LogP contribution < -0.4 is 15.2 Å². The molecule has 0 bridgehead atoms. The highest BCUT2D eigenvalue weighted by Crippen LogP contribution is 2.34. The number of aromatic nitrogens is 2. The quantitative estimate of drug-likeness (QED) is 0.334. The van der Waals surface area contributed by atoms with Crippen LogP contribution in [0.3, 0.4) is 0 Å². The lowest BCUT2D eigenvalue weighted by atomic mass is 10.1. The lowest BCUT2D eigenvalue weighted by Gasteiger charge is -2.35. The number of thioether (sulfide) groups is 1. The number of thiocarbonyl (C=S) groups is 1. The monoisotopic (exact) mass is 551 g/mol. The fraction of sp³-hybridized carbons (Fsp3) is 0.333. The van der Waals surface area contributed by atoms with Gasteiger partial charge in [-0.25, -0.2) is 4.98 Å². The second-order valence-corrected chi connectivity index (χ2v) is 10.7. The van der Waals surface area contributed by atoms with Crippen molar-refractivity contribution in [2.45, 2.75) is 6.42 Å². The number of carbonyl (C=O) groups excluding carboxylic acids is 1. The number of carbonyl (C=O) groups is 1. The van der Waals surface area contributed by atoms with Gasteiger partial charge in [-0.1, -0.05) is 42.2 Å². The summed E-state index contributed by atoms with van der Waals surface area (Å²) in [5, 5.41) is 9.28. The zero-order valence-corrected chi connectivity index (χ0v) is 22.7. The summed E-state index contributed by atoms with van der Waals surface area (Å²) >= 11 is 6.76. The Hall–Kier alpha value is -3.25. The van der Waals surface area contributed by atoms with Crippen molar-refractivity contribution in [3.63, 3.8) is 0 Å². The fourth-order valence-electron chi connectivity index (χ4n) is 4.64. The summed E-state index contributed by atoms with van der Waals surface area (Å²) in [5.74, 6) is 1.14. The number of piperazine rings is 1. The Morgan fingerprint density at radius 2 is 1.84 bits per heavy atom. The largest absolute Gasteiger partial charge is 0.497 e. The van der Waals surface area contributed by atoms with Crippen molar-refractivity contribution in [3.05, 3.63) is 75.0 Å². The van der Waals surface area contributed by atoms with Crippen LogP contribution in [-0.2, 0) is 11.2 Å². The van der Waals surface area contributed by atoms with Crippen LogP contribution in [0.5, 0.6) is 5.75 Å². The van der Waals surface area contributed by atoms with Gasteiger partial charge in [-0.15, -0.1) is 0 Å². The third-order valence-electron chi connectivity index (χ3n) is 6.77. The van der Waals surface area contributed by atoms with Gasteiger partial charge in [0.05, 0.1) is 24.2 Å². The molecule has 38 heavy (non-hydrogen) atoms. The van der Waals surface area contributed by atoms with E-state index in [0.717, 1.165) is 24.4 Å². The molecule has 0 saturated carbocycles. The minimum atomic E-state index is -0.230. The normalized spacial score (nSPS) is 17.7. The first-order valence-corrected chi connectivity index (χ1v) is 13.7. The standard InChI is InChI=1S/C27H29N5O4S2/c1-36-20-7-5-19(6-8-20)9-11-32-26(35)22(38-27(32)37)18-21-24(30-14-12-29(13-15-30)16-17-33)28-23-4-2-3-10-31(23)25(21)34/h2-8,10,18,33H,9,11-17H2,1H3. The Morgan fingerprint density at radius 3 is 2.55 bits per heavy atom. The summed E-state index contributed by atoms with van der Waals surface area (Å²) in [5.41, 5.74) is 1.77. The van der Waals surface area contributed by atoms with Gasteiger partial charge in [-0.3, -0.25) is 23.8 Å². The van der Waals surface area contributed by atoms with Crippen molar-refractivity contribution >= 4 is 51.7 Å². The maximum absolute atomic E-state index is 13.6. The number of ether oxygens (including phenoxy) is 1. The molecule has 0 unspecified atom stereocenters. The van der Waals surface area contributed by atoms with Crippen molar-refractivity contribution in [3.8, 4) is 5.75 Å². The first-order valence-electron chi connectivity index (χ1n) is 12.5. The number of aliphatic hydroxyl groups is 1. The van der Waals surface area contributed by atoms with Gasteiger partial charge >= 0.3 is 0 Å². The molecule has 0 radical (unpaired) electrons. The molecule has 1 N–H and O–H groups in total. The number of anilines is 1. The summed E-state index contributed by atoms with van der Waals surface area (Å²) in [6.07, 6.45) is 3.98. The number of hydrogen-bond acceptors (Lipinski definition) is 9. The van der Waals surface area contributed by atoms with E-state index in [2.05, 4.69) is 9.80 Å². The van der Waals surface area contributed by atoms with Gasteiger partial charge < -0.3 is 14.7 Å². The molecule has 1 aromatic carbocycles. The number of aliphatic hydroxyl groups excluding tert-OH is 1. The SMILES string of the molecule is COc1ccc(CCN2C(=O)C(=Cc3c(N4CCN(CCO)CC4)nc4ccccn4c3=O)SC2=S)cc1. The van der Waals surface area contributed by atoms with Gasteiger partial charge in [0, 0.05) is 45.5 Å². The summed E-state index contributed by atoms with van der Waals surface area (Å²) in [6.45, 7) is 4.02. The molecule has 5 rings (SSSR count). The number of fused-ring (bicyclic) bond motifs is 1. The lowest BCUT2D eigenvalue weighted by molar-refractivity contribution is -0.122. The zero-order valence-electron chi connectivity index (χ0n) is 21.1. The molecule has 0 atom stereocenters. The van der Waals surface area contributed by atoms with Crippen LogP contribution in [0, 0.1) is 0 Å². The van der Waals surface area contributed by atoms with Crippen molar-refractivity contribution in [2.75, 3.05) is 57.9 Å². The molecule has 2 saturated heterocycles. The van der Waals surface area contributed by atoms with Crippen LogP contribution in [0.25, 0.3) is 11.7 Å². The number of pyridine rings is 1. The van der Waals surface area contributed by atoms with Crippen LogP contribution in [0.15, 0.2) is 58.4 Å². The average molecular weight is 552 g/mol. The predicted octanol–water partition coefficient (Wildman–Crippen LogP) is 2.26. The Morgan fingerprint density at radius 1 is 1.08 bits per heavy atom. The number of β-amino-alcohol motifs (C(OH)–C–C–N with tert-alkyl or cyclic N) is 1. The molecule has 0 aliphatic carbocycles. The molecular formula is C27H29N5O4S2. The smallest absolute Gasteiger partial charge is 0.267 e. The highest BCUT2D eigenvalue weighted by molar-refractivity contribution is 8.26. The van der Waals surface area contributed by atoms with Gasteiger partial charge in [-0.05, 0) is 42.3 Å². The van der Waals surface area contributed by atoms with E-state index in [0.29, 0.717) is 58.9 Å². The Balaban J connectivity index is 1.42. The Kier molecular flexibility index (Phi) is 8.08. The van der Waals surface area contributed by atoms with Gasteiger partial charge in [-0.2, -0.15) is 0 Å². The fourth-order valence-corrected chi connectivity index (χ4v) is 5.93. The van der Waals surface area contributed by atoms with Gasteiger partial charge in [0.15, 0.2) is 0 Å². The van der Waals surface area contributed by atoms with Crippen LogP contribution >= 0.6 is 24.0 Å². The molecule has 1 amide bonds. The van der Waals surface area contributed by atoms with E-state index >= 15 is 0 Å². The van der Waals surface area contributed by atoms with E-state index in [-0.39, 0.29) is 18.1 Å². The zero-order chi connectivity index (χ0) is 26.6. The first kappa shape index (κ1) is 26.4. The van der Waals surface area contributed by atoms with Gasteiger partial charge in [0.25, 0.3) is 11.5 Å². The summed E-state index contributed by atoms with van der Waals surface area (Å²) in [4.78, 5) is 38.1. The number of hydrogen-bond donors (Lipinski definition) is 1. The molecule has 3 aromatic rings. The summed E-state index contributed by atoms with van der Waals surface area (Å²) in [7, 11) is 1.63. The second kappa shape index (κ2) is 11.6. The molecule has 11 heteroatoms. The molecule has 198 valence electrons. The van der Waals surface area contributed by atoms with E-state index in [1.165, 1.54) is 16.2 Å². The predicted molar refractivity (Wildman–Crippen MR) is 154 cm³/mol. The molecule has 2 aliphatic rings. The maximum atomic E-state index is 13.6. The van der Waals surface area contributed by atoms with Crippen molar-refractivity contribution in [1.29, 1.82) is 0 Å². The molecule has 9 nitrogen and oxygen atoms in total. The molecule has 2 aromatic heterocycles. The molecule has 4 heterocycles. The van der Waals surface area contributed by atoms with Crippen LogP contribution in [0.4, 0.5) is 5.82 Å². The number of rotatable bonds is 8. The van der Waals surface area contributed by atoms with E-state index in [1.54, 1.807) is 36.4 Å². The lowest BCUT2D eigenvalue weighted by Crippen LogP contribution is -2.48. The van der Waals surface area contributed by atoms with Gasteiger partial charge in [0.2, 0.25) is 0 Å². The minimum Gasteiger partial charge on any atom is -0.497 e. The Bertz CT molecular complexity index is 1430. The number of benzene rings is 1. The highest BCUT2D eigenvalue weighted by Gasteiger charge is 2.33. The summed E-state index contributed by atoms with van der Waals surface area (Å²) < 4.78 is 7.19. The highest BCUT2D eigenvalue weighted by atomic mass is 32.2. The van der Waals surface area contributed by atoms with E-state index in [4.69, 9.17) is 21.9 Å². The summed E-state index contributed by atoms with van der Waals surface area (Å²) in [6, 6.07) is 13.2. The van der Waals surface area contributed by atoms with Crippen molar-refractivity contribution < 1.29 is 14.6 Å². The number of amides is 1. The minimum absolute atomic E-state index is 0.112. The number of nitrogens with zero attached hydrogens (tertiary/aromatic N) is 5. The molecule has 2 fully saturated rings. The van der Waals surface area contributed by atoms with E-state index < -0.39 is 0 Å². The van der Waals surface area contributed by atoms with Gasteiger partial charge in [0.1, 0.15) is 21.5 Å². The molecule has 0 spiro atoms.